The minimum Gasteiger partial charge on any atom is -0.484 e. The molecule has 0 aliphatic rings. The summed E-state index contributed by atoms with van der Waals surface area (Å²) in [5.74, 6) is 1.02. The molecule has 0 radical (unpaired) electrons. The number of benzene rings is 2. The SMILES string of the molecule is CC(C)c1ccc(NC(=O)COc2ccc(C(C)(C)C)cc2)cc1. The Morgan fingerprint density at radius 1 is 1.00 bits per heavy atom. The lowest BCUT2D eigenvalue weighted by atomic mass is 9.87. The van der Waals surface area contributed by atoms with Gasteiger partial charge in [0, 0.05) is 5.69 Å². The molecule has 0 heterocycles. The van der Waals surface area contributed by atoms with Crippen molar-refractivity contribution in [1.82, 2.24) is 0 Å². The first kappa shape index (κ1) is 18.1. The van der Waals surface area contributed by atoms with Crippen LogP contribution in [0.5, 0.6) is 5.75 Å². The number of carbonyl (C=O) groups excluding carboxylic acids is 1. The Balaban J connectivity index is 1.86. The number of nitrogens with one attached hydrogen (secondary N) is 1. The molecule has 2 aromatic rings. The van der Waals surface area contributed by atoms with Crippen molar-refractivity contribution in [3.8, 4) is 5.75 Å². The van der Waals surface area contributed by atoms with E-state index in [4.69, 9.17) is 4.74 Å². The molecule has 0 aromatic heterocycles. The van der Waals surface area contributed by atoms with Gasteiger partial charge in [-0.1, -0.05) is 58.9 Å². The fraction of sp³-hybridized carbons (Fsp3) is 0.381. The molecule has 0 unspecified atom stereocenters. The van der Waals surface area contributed by atoms with Crippen molar-refractivity contribution in [3.05, 3.63) is 59.7 Å². The topological polar surface area (TPSA) is 38.3 Å². The molecule has 24 heavy (non-hydrogen) atoms. The lowest BCUT2D eigenvalue weighted by molar-refractivity contribution is -0.118. The van der Waals surface area contributed by atoms with Crippen molar-refractivity contribution >= 4 is 11.6 Å². The third-order valence-electron chi connectivity index (χ3n) is 3.95. The zero-order valence-corrected chi connectivity index (χ0v) is 15.2. The second-order valence-electron chi connectivity index (χ2n) is 7.39. The van der Waals surface area contributed by atoms with Crippen LogP contribution in [0.15, 0.2) is 48.5 Å². The maximum Gasteiger partial charge on any atom is 0.262 e. The molecule has 2 aromatic carbocycles. The number of hydrogen-bond donors (Lipinski definition) is 1. The third-order valence-corrected chi connectivity index (χ3v) is 3.95. The Morgan fingerprint density at radius 2 is 1.58 bits per heavy atom. The van der Waals surface area contributed by atoms with Gasteiger partial charge >= 0.3 is 0 Å². The van der Waals surface area contributed by atoms with Crippen LogP contribution in [0, 0.1) is 0 Å². The van der Waals surface area contributed by atoms with Gasteiger partial charge in [-0.15, -0.1) is 0 Å². The quantitative estimate of drug-likeness (QED) is 0.828. The minimum absolute atomic E-state index is 0.000790. The average Bonchev–Trinajstić information content (AvgIpc) is 2.53. The van der Waals surface area contributed by atoms with E-state index in [1.807, 2.05) is 48.5 Å². The van der Waals surface area contributed by atoms with Gasteiger partial charge in [0.2, 0.25) is 0 Å². The van der Waals surface area contributed by atoms with E-state index in [9.17, 15) is 4.79 Å². The molecule has 0 aliphatic carbocycles. The van der Waals surface area contributed by atoms with Crippen LogP contribution in [0.2, 0.25) is 0 Å². The van der Waals surface area contributed by atoms with Crippen molar-refractivity contribution in [2.45, 2.75) is 46.0 Å². The normalized spacial score (nSPS) is 11.4. The fourth-order valence-electron chi connectivity index (χ4n) is 2.35. The van der Waals surface area contributed by atoms with E-state index < -0.39 is 0 Å². The zero-order chi connectivity index (χ0) is 17.7. The van der Waals surface area contributed by atoms with Gasteiger partial charge in [-0.3, -0.25) is 4.79 Å². The molecular weight excluding hydrogens is 298 g/mol. The molecule has 1 amide bonds. The second-order valence-corrected chi connectivity index (χ2v) is 7.39. The summed E-state index contributed by atoms with van der Waals surface area (Å²) in [5.41, 5.74) is 3.39. The van der Waals surface area contributed by atoms with Crippen molar-refractivity contribution < 1.29 is 9.53 Å². The number of carbonyl (C=O) groups is 1. The molecular formula is C21H27NO2. The van der Waals surface area contributed by atoms with Crippen molar-refractivity contribution in [1.29, 1.82) is 0 Å². The summed E-state index contributed by atoms with van der Waals surface area (Å²) in [7, 11) is 0. The summed E-state index contributed by atoms with van der Waals surface area (Å²) in [6.45, 7) is 10.8. The highest BCUT2D eigenvalue weighted by atomic mass is 16.5. The molecule has 0 saturated heterocycles. The summed E-state index contributed by atoms with van der Waals surface area (Å²) in [5, 5.41) is 2.85. The Morgan fingerprint density at radius 3 is 2.08 bits per heavy atom. The number of rotatable bonds is 5. The molecule has 0 saturated carbocycles. The first-order valence-electron chi connectivity index (χ1n) is 8.39. The lowest BCUT2D eigenvalue weighted by Gasteiger charge is -2.19. The molecule has 0 aliphatic heterocycles. The fourth-order valence-corrected chi connectivity index (χ4v) is 2.35. The highest BCUT2D eigenvalue weighted by Gasteiger charge is 2.13. The molecule has 0 spiro atoms. The Hall–Kier alpha value is -2.29. The summed E-state index contributed by atoms with van der Waals surface area (Å²) in [6, 6.07) is 15.8. The van der Waals surface area contributed by atoms with Crippen LogP contribution in [-0.2, 0) is 10.2 Å². The van der Waals surface area contributed by atoms with Crippen LogP contribution in [0.3, 0.4) is 0 Å². The zero-order valence-electron chi connectivity index (χ0n) is 15.2. The second kappa shape index (κ2) is 7.52. The van der Waals surface area contributed by atoms with Crippen LogP contribution in [0.25, 0.3) is 0 Å². The monoisotopic (exact) mass is 325 g/mol. The molecule has 0 fully saturated rings. The molecule has 1 N–H and O–H groups in total. The van der Waals surface area contributed by atoms with Crippen LogP contribution in [0.4, 0.5) is 5.69 Å². The van der Waals surface area contributed by atoms with Crippen molar-refractivity contribution in [2.75, 3.05) is 11.9 Å². The Bertz CT molecular complexity index is 664. The summed E-state index contributed by atoms with van der Waals surface area (Å²) >= 11 is 0. The standard InChI is InChI=1S/C21H27NO2/c1-15(2)16-6-10-18(11-7-16)22-20(23)14-24-19-12-8-17(9-13-19)21(3,4)5/h6-13,15H,14H2,1-5H3,(H,22,23). The maximum absolute atomic E-state index is 12.0. The van der Waals surface area contributed by atoms with E-state index in [1.165, 1.54) is 11.1 Å². The highest BCUT2D eigenvalue weighted by molar-refractivity contribution is 5.91. The summed E-state index contributed by atoms with van der Waals surface area (Å²) in [6.07, 6.45) is 0. The van der Waals surface area contributed by atoms with Crippen LogP contribution < -0.4 is 10.1 Å². The van der Waals surface area contributed by atoms with E-state index in [0.717, 1.165) is 5.69 Å². The van der Waals surface area contributed by atoms with E-state index in [-0.39, 0.29) is 17.9 Å². The van der Waals surface area contributed by atoms with E-state index in [2.05, 4.69) is 39.9 Å². The third kappa shape index (κ3) is 5.12. The van der Waals surface area contributed by atoms with Gasteiger partial charge in [0.15, 0.2) is 6.61 Å². The summed E-state index contributed by atoms with van der Waals surface area (Å²) < 4.78 is 5.56. The van der Waals surface area contributed by atoms with Crippen LogP contribution in [0.1, 0.15) is 51.7 Å². The Labute approximate surface area is 145 Å². The molecule has 0 bridgehead atoms. The number of ether oxygens (including phenoxy) is 1. The first-order valence-corrected chi connectivity index (χ1v) is 8.39. The van der Waals surface area contributed by atoms with E-state index >= 15 is 0 Å². The molecule has 0 atom stereocenters. The molecule has 3 nitrogen and oxygen atoms in total. The van der Waals surface area contributed by atoms with E-state index in [0.29, 0.717) is 11.7 Å². The lowest BCUT2D eigenvalue weighted by Crippen LogP contribution is -2.20. The Kier molecular flexibility index (Phi) is 5.66. The molecule has 128 valence electrons. The maximum atomic E-state index is 12.0. The van der Waals surface area contributed by atoms with E-state index in [1.54, 1.807) is 0 Å². The van der Waals surface area contributed by atoms with Gasteiger partial charge in [-0.25, -0.2) is 0 Å². The number of amides is 1. The number of hydrogen-bond acceptors (Lipinski definition) is 2. The summed E-state index contributed by atoms with van der Waals surface area (Å²) in [4.78, 5) is 12.0. The van der Waals surface area contributed by atoms with Gasteiger partial charge in [-0.2, -0.15) is 0 Å². The minimum atomic E-state index is -0.160. The molecule has 3 heteroatoms. The van der Waals surface area contributed by atoms with Crippen molar-refractivity contribution in [2.24, 2.45) is 0 Å². The largest absolute Gasteiger partial charge is 0.484 e. The molecule has 2 rings (SSSR count). The first-order chi connectivity index (χ1) is 11.3. The predicted molar refractivity (Wildman–Crippen MR) is 99.8 cm³/mol. The van der Waals surface area contributed by atoms with Crippen LogP contribution in [-0.4, -0.2) is 12.5 Å². The smallest absolute Gasteiger partial charge is 0.262 e. The van der Waals surface area contributed by atoms with Gasteiger partial charge < -0.3 is 10.1 Å². The average molecular weight is 325 g/mol. The van der Waals surface area contributed by atoms with Crippen LogP contribution >= 0.6 is 0 Å². The van der Waals surface area contributed by atoms with Gasteiger partial charge in [0.05, 0.1) is 0 Å². The van der Waals surface area contributed by atoms with Gasteiger partial charge in [-0.05, 0) is 46.7 Å². The van der Waals surface area contributed by atoms with Gasteiger partial charge in [0.25, 0.3) is 5.91 Å². The van der Waals surface area contributed by atoms with Crippen molar-refractivity contribution in [3.63, 3.8) is 0 Å². The number of anilines is 1. The highest BCUT2D eigenvalue weighted by Crippen LogP contribution is 2.24. The predicted octanol–water partition coefficient (Wildman–Crippen LogP) is 5.13. The van der Waals surface area contributed by atoms with Gasteiger partial charge in [0.1, 0.15) is 5.75 Å².